The predicted octanol–water partition coefficient (Wildman–Crippen LogP) is 1.87. The van der Waals surface area contributed by atoms with Crippen LogP contribution in [0.15, 0.2) is 24.3 Å². The molecule has 0 spiro atoms. The highest BCUT2D eigenvalue weighted by atomic mass is 16.5. The fourth-order valence-electron chi connectivity index (χ4n) is 3.47. The van der Waals surface area contributed by atoms with E-state index in [-0.39, 0.29) is 18.6 Å². The minimum Gasteiger partial charge on any atom is -0.376 e. The first-order chi connectivity index (χ1) is 12.8. The molecule has 7 nitrogen and oxygen atoms in total. The van der Waals surface area contributed by atoms with Gasteiger partial charge in [0.25, 0.3) is 5.91 Å². The summed E-state index contributed by atoms with van der Waals surface area (Å²) >= 11 is 0. The zero-order valence-electron chi connectivity index (χ0n) is 16.1. The van der Waals surface area contributed by atoms with Crippen molar-refractivity contribution in [3.63, 3.8) is 0 Å². The normalized spacial score (nSPS) is 25.2. The first kappa shape index (κ1) is 19.4. The number of ether oxygens (including phenoxy) is 1. The van der Waals surface area contributed by atoms with Gasteiger partial charge >= 0.3 is 6.03 Å². The van der Waals surface area contributed by atoms with E-state index >= 15 is 0 Å². The predicted molar refractivity (Wildman–Crippen MR) is 100 cm³/mol. The minimum atomic E-state index is -1.17. The van der Waals surface area contributed by atoms with Crippen molar-refractivity contribution in [2.75, 3.05) is 19.7 Å². The van der Waals surface area contributed by atoms with Gasteiger partial charge in [0.1, 0.15) is 12.1 Å². The summed E-state index contributed by atoms with van der Waals surface area (Å²) in [6, 6.07) is 7.08. The Hall–Kier alpha value is -2.41. The maximum Gasteiger partial charge on any atom is 0.325 e. The third-order valence-corrected chi connectivity index (χ3v) is 5.28. The summed E-state index contributed by atoms with van der Waals surface area (Å²) in [5.41, 5.74) is 0.693. The first-order valence-corrected chi connectivity index (χ1v) is 9.44. The molecule has 0 aliphatic carbocycles. The van der Waals surface area contributed by atoms with Gasteiger partial charge in [0.2, 0.25) is 5.91 Å². The lowest BCUT2D eigenvalue weighted by Gasteiger charge is -2.23. The highest BCUT2D eigenvalue weighted by Crippen LogP contribution is 2.29. The summed E-state index contributed by atoms with van der Waals surface area (Å²) in [6.07, 6.45) is 1.91. The summed E-state index contributed by atoms with van der Waals surface area (Å²) in [4.78, 5) is 38.4. The van der Waals surface area contributed by atoms with Gasteiger partial charge < -0.3 is 15.4 Å². The van der Waals surface area contributed by atoms with Crippen LogP contribution in [-0.2, 0) is 19.9 Å². The molecule has 3 rings (SSSR count). The van der Waals surface area contributed by atoms with Gasteiger partial charge in [0.05, 0.1) is 6.10 Å². The molecule has 7 heteroatoms. The SMILES string of the molecule is CC(C)c1ccc([C@]2(C)NC(=O)N(CC(=O)NC[C@H]3CCCO3)C2=O)cc1. The van der Waals surface area contributed by atoms with Crippen LogP contribution in [0.2, 0.25) is 0 Å². The second-order valence-corrected chi connectivity index (χ2v) is 7.66. The monoisotopic (exact) mass is 373 g/mol. The van der Waals surface area contributed by atoms with Crippen molar-refractivity contribution in [2.45, 2.75) is 51.2 Å². The summed E-state index contributed by atoms with van der Waals surface area (Å²) < 4.78 is 5.46. The Morgan fingerprint density at radius 1 is 1.33 bits per heavy atom. The molecule has 27 heavy (non-hydrogen) atoms. The number of amides is 4. The van der Waals surface area contributed by atoms with Crippen molar-refractivity contribution >= 4 is 17.8 Å². The van der Waals surface area contributed by atoms with Gasteiger partial charge in [-0.15, -0.1) is 0 Å². The summed E-state index contributed by atoms with van der Waals surface area (Å²) in [7, 11) is 0. The molecule has 2 fully saturated rings. The van der Waals surface area contributed by atoms with Gasteiger partial charge in [-0.3, -0.25) is 14.5 Å². The number of carbonyl (C=O) groups is 3. The largest absolute Gasteiger partial charge is 0.376 e. The molecule has 2 atom stereocenters. The molecule has 1 aromatic carbocycles. The fourth-order valence-corrected chi connectivity index (χ4v) is 3.47. The Morgan fingerprint density at radius 3 is 2.63 bits per heavy atom. The number of hydrogen-bond donors (Lipinski definition) is 2. The van der Waals surface area contributed by atoms with Crippen LogP contribution < -0.4 is 10.6 Å². The highest BCUT2D eigenvalue weighted by molar-refractivity contribution is 6.09. The zero-order chi connectivity index (χ0) is 19.6. The molecule has 0 saturated carbocycles. The van der Waals surface area contributed by atoms with E-state index in [1.165, 1.54) is 0 Å². The molecule has 0 aromatic heterocycles. The molecule has 2 N–H and O–H groups in total. The maximum atomic E-state index is 12.9. The van der Waals surface area contributed by atoms with Gasteiger partial charge in [0.15, 0.2) is 0 Å². The molecular weight excluding hydrogens is 346 g/mol. The molecule has 4 amide bonds. The van der Waals surface area contributed by atoms with Gasteiger partial charge in [-0.1, -0.05) is 38.1 Å². The van der Waals surface area contributed by atoms with E-state index in [4.69, 9.17) is 4.74 Å². The van der Waals surface area contributed by atoms with Crippen molar-refractivity contribution in [3.8, 4) is 0 Å². The van der Waals surface area contributed by atoms with E-state index in [0.717, 1.165) is 23.3 Å². The Labute approximate surface area is 159 Å². The Kier molecular flexibility index (Phi) is 5.51. The van der Waals surface area contributed by atoms with E-state index in [1.807, 2.05) is 24.3 Å². The molecule has 2 saturated heterocycles. The molecular formula is C20H27N3O4. The topological polar surface area (TPSA) is 87.7 Å². The third kappa shape index (κ3) is 3.98. The first-order valence-electron chi connectivity index (χ1n) is 9.44. The number of benzene rings is 1. The van der Waals surface area contributed by atoms with Crippen LogP contribution in [0.1, 0.15) is 50.7 Å². The summed E-state index contributed by atoms with van der Waals surface area (Å²) in [5, 5.41) is 5.47. The summed E-state index contributed by atoms with van der Waals surface area (Å²) in [5.74, 6) is -0.407. The molecule has 0 bridgehead atoms. The highest BCUT2D eigenvalue weighted by Gasteiger charge is 2.49. The number of imide groups is 1. The maximum absolute atomic E-state index is 12.9. The van der Waals surface area contributed by atoms with Gasteiger partial charge in [0, 0.05) is 13.2 Å². The fraction of sp³-hybridized carbons (Fsp3) is 0.550. The quantitative estimate of drug-likeness (QED) is 0.745. The van der Waals surface area contributed by atoms with E-state index in [0.29, 0.717) is 24.6 Å². The van der Waals surface area contributed by atoms with Crippen molar-refractivity contribution < 1.29 is 19.1 Å². The lowest BCUT2D eigenvalue weighted by Crippen LogP contribution is -2.44. The van der Waals surface area contributed by atoms with E-state index < -0.39 is 17.5 Å². The number of nitrogens with one attached hydrogen (secondary N) is 2. The zero-order valence-corrected chi connectivity index (χ0v) is 16.1. The molecule has 2 heterocycles. The number of carbonyl (C=O) groups excluding carboxylic acids is 3. The minimum absolute atomic E-state index is 0.0155. The lowest BCUT2D eigenvalue weighted by molar-refractivity contribution is -0.134. The van der Waals surface area contributed by atoms with Crippen LogP contribution >= 0.6 is 0 Å². The number of rotatable bonds is 6. The second kappa shape index (κ2) is 7.68. The molecule has 0 unspecified atom stereocenters. The van der Waals surface area contributed by atoms with Crippen LogP contribution in [-0.4, -0.2) is 48.5 Å². The van der Waals surface area contributed by atoms with Crippen molar-refractivity contribution in [3.05, 3.63) is 35.4 Å². The van der Waals surface area contributed by atoms with Crippen molar-refractivity contribution in [2.24, 2.45) is 0 Å². The molecule has 2 aliphatic rings. The third-order valence-electron chi connectivity index (χ3n) is 5.28. The number of urea groups is 1. The second-order valence-electron chi connectivity index (χ2n) is 7.66. The van der Waals surface area contributed by atoms with Crippen LogP contribution in [0.4, 0.5) is 4.79 Å². The van der Waals surface area contributed by atoms with E-state index in [1.54, 1.807) is 6.92 Å². The average molecular weight is 373 g/mol. The molecule has 2 aliphatic heterocycles. The molecule has 146 valence electrons. The van der Waals surface area contributed by atoms with Gasteiger partial charge in [-0.2, -0.15) is 0 Å². The standard InChI is InChI=1S/C20H27N3O4/c1-13(2)14-6-8-15(9-7-14)20(3)18(25)23(19(26)22-20)12-17(24)21-11-16-5-4-10-27-16/h6-9,13,16H,4-5,10-12H2,1-3H3,(H,21,24)(H,22,26)/t16-,20+/m1/s1. The van der Waals surface area contributed by atoms with Crippen molar-refractivity contribution in [1.82, 2.24) is 15.5 Å². The van der Waals surface area contributed by atoms with E-state index in [9.17, 15) is 14.4 Å². The molecule has 1 aromatic rings. The number of nitrogens with zero attached hydrogens (tertiary/aromatic N) is 1. The number of hydrogen-bond acceptors (Lipinski definition) is 4. The van der Waals surface area contributed by atoms with Crippen LogP contribution in [0.3, 0.4) is 0 Å². The van der Waals surface area contributed by atoms with Crippen LogP contribution in [0.5, 0.6) is 0 Å². The van der Waals surface area contributed by atoms with Crippen LogP contribution in [0.25, 0.3) is 0 Å². The Bertz CT molecular complexity index is 725. The Morgan fingerprint density at radius 2 is 2.04 bits per heavy atom. The Balaban J connectivity index is 1.65. The lowest BCUT2D eigenvalue weighted by atomic mass is 9.90. The van der Waals surface area contributed by atoms with E-state index in [2.05, 4.69) is 24.5 Å². The average Bonchev–Trinajstić information content (AvgIpc) is 3.23. The smallest absolute Gasteiger partial charge is 0.325 e. The summed E-state index contributed by atoms with van der Waals surface area (Å²) in [6.45, 7) is 6.67. The van der Waals surface area contributed by atoms with Gasteiger partial charge in [-0.05, 0) is 36.8 Å². The molecule has 0 radical (unpaired) electrons. The van der Waals surface area contributed by atoms with Crippen LogP contribution in [0, 0.1) is 0 Å². The van der Waals surface area contributed by atoms with Crippen molar-refractivity contribution in [1.29, 1.82) is 0 Å². The van der Waals surface area contributed by atoms with Gasteiger partial charge in [-0.25, -0.2) is 4.79 Å².